The number of benzene rings is 2. The molecule has 1 fully saturated rings. The first-order valence-corrected chi connectivity index (χ1v) is 11.4. The Kier molecular flexibility index (Phi) is 4.82. The Morgan fingerprint density at radius 3 is 2.81 bits per heavy atom. The minimum Gasteiger partial charge on any atom is -0.487 e. The van der Waals surface area contributed by atoms with Gasteiger partial charge >= 0.3 is 0 Å². The Morgan fingerprint density at radius 2 is 1.94 bits per heavy atom. The fourth-order valence-corrected chi connectivity index (χ4v) is 4.79. The standard InChI is InChI=1S/C21H17Br2N5O3/c22-14-6-16-17(7-15(14)23)28-19(24-16)11-30-20-18(10-31-21(20)28)27-8-12(25-26-27)9-29-13-4-2-1-3-5-13/h1-8,18,20-21H,9-11H2/t18-,20+,21-/m0/s1. The molecule has 3 atom stereocenters. The molecule has 10 heteroatoms. The highest BCUT2D eigenvalue weighted by Gasteiger charge is 2.45. The second-order valence-corrected chi connectivity index (χ2v) is 9.22. The number of hydrogen-bond donors (Lipinski definition) is 0. The first-order chi connectivity index (χ1) is 15.2. The number of halogens is 2. The minimum absolute atomic E-state index is 0.0764. The first-order valence-electron chi connectivity index (χ1n) is 9.85. The van der Waals surface area contributed by atoms with Crippen molar-refractivity contribution in [3.05, 3.63) is 69.1 Å². The summed E-state index contributed by atoms with van der Waals surface area (Å²) in [5.41, 5.74) is 2.67. The van der Waals surface area contributed by atoms with E-state index >= 15 is 0 Å². The molecule has 8 nitrogen and oxygen atoms in total. The molecule has 2 aliphatic rings. The largest absolute Gasteiger partial charge is 0.487 e. The van der Waals surface area contributed by atoms with Crippen LogP contribution in [0.2, 0.25) is 0 Å². The van der Waals surface area contributed by atoms with Crippen LogP contribution in [0.15, 0.2) is 57.6 Å². The molecule has 6 rings (SSSR count). The Bertz CT molecular complexity index is 1260. The summed E-state index contributed by atoms with van der Waals surface area (Å²) >= 11 is 7.14. The van der Waals surface area contributed by atoms with E-state index in [9.17, 15) is 0 Å². The number of ether oxygens (including phenoxy) is 3. The molecule has 4 aromatic rings. The zero-order valence-corrected chi connectivity index (χ0v) is 19.4. The van der Waals surface area contributed by atoms with Gasteiger partial charge in [0.25, 0.3) is 0 Å². The van der Waals surface area contributed by atoms with Crippen LogP contribution in [0.3, 0.4) is 0 Å². The lowest BCUT2D eigenvalue weighted by molar-refractivity contribution is -0.0864. The van der Waals surface area contributed by atoms with Crippen LogP contribution in [0.25, 0.3) is 11.0 Å². The monoisotopic (exact) mass is 545 g/mol. The third kappa shape index (κ3) is 3.38. The number of rotatable bonds is 4. The molecule has 0 unspecified atom stereocenters. The number of aromatic nitrogens is 5. The van der Waals surface area contributed by atoms with Crippen LogP contribution in [0, 0.1) is 0 Å². The van der Waals surface area contributed by atoms with Gasteiger partial charge in [-0.1, -0.05) is 23.4 Å². The Balaban J connectivity index is 1.24. The maximum Gasteiger partial charge on any atom is 0.164 e. The van der Waals surface area contributed by atoms with Crippen molar-refractivity contribution in [1.29, 1.82) is 0 Å². The van der Waals surface area contributed by atoms with Gasteiger partial charge in [-0.25, -0.2) is 9.67 Å². The quantitative estimate of drug-likeness (QED) is 0.377. The third-order valence-corrected chi connectivity index (χ3v) is 7.43. The van der Waals surface area contributed by atoms with Gasteiger partial charge in [0.2, 0.25) is 0 Å². The SMILES string of the molecule is Brc1cc2nc3n(c2cc1Br)[C@H]1OC[C@H](n2cc(COc4ccccc4)nn2)[C@H]1OC3. The fourth-order valence-electron chi connectivity index (χ4n) is 4.13. The van der Waals surface area contributed by atoms with Gasteiger partial charge in [0.1, 0.15) is 42.6 Å². The molecule has 31 heavy (non-hydrogen) atoms. The number of hydrogen-bond acceptors (Lipinski definition) is 6. The van der Waals surface area contributed by atoms with E-state index in [2.05, 4.69) is 52.8 Å². The van der Waals surface area contributed by atoms with Crippen molar-refractivity contribution in [3.63, 3.8) is 0 Å². The molecular formula is C21H17Br2N5O3. The molecule has 158 valence electrons. The van der Waals surface area contributed by atoms with Crippen LogP contribution in [-0.4, -0.2) is 37.3 Å². The summed E-state index contributed by atoms with van der Waals surface area (Å²) in [4.78, 5) is 4.73. The van der Waals surface area contributed by atoms with Crippen LogP contribution in [0.4, 0.5) is 0 Å². The highest BCUT2D eigenvalue weighted by atomic mass is 79.9. The summed E-state index contributed by atoms with van der Waals surface area (Å²) in [7, 11) is 0. The number of para-hydroxylation sites is 1. The van der Waals surface area contributed by atoms with Gasteiger partial charge in [0.15, 0.2) is 6.23 Å². The van der Waals surface area contributed by atoms with Crippen LogP contribution in [-0.2, 0) is 22.7 Å². The minimum atomic E-state index is -0.264. The van der Waals surface area contributed by atoms with E-state index in [4.69, 9.17) is 19.2 Å². The van der Waals surface area contributed by atoms with Crippen LogP contribution < -0.4 is 4.74 Å². The predicted octanol–water partition coefficient (Wildman–Crippen LogP) is 4.40. The normalized spacial score (nSPS) is 22.5. The molecular weight excluding hydrogens is 530 g/mol. The number of nitrogens with zero attached hydrogens (tertiary/aromatic N) is 5. The molecule has 2 aromatic heterocycles. The topological polar surface area (TPSA) is 76.2 Å². The molecule has 0 amide bonds. The van der Waals surface area contributed by atoms with E-state index in [0.717, 1.165) is 37.2 Å². The average molecular weight is 547 g/mol. The van der Waals surface area contributed by atoms with Crippen molar-refractivity contribution < 1.29 is 14.2 Å². The molecule has 0 N–H and O–H groups in total. The lowest BCUT2D eigenvalue weighted by atomic mass is 10.1. The molecule has 0 saturated carbocycles. The maximum atomic E-state index is 6.18. The van der Waals surface area contributed by atoms with Crippen molar-refractivity contribution in [1.82, 2.24) is 24.5 Å². The van der Waals surface area contributed by atoms with Crippen molar-refractivity contribution in [3.8, 4) is 5.75 Å². The van der Waals surface area contributed by atoms with E-state index in [0.29, 0.717) is 19.8 Å². The molecule has 2 aromatic carbocycles. The average Bonchev–Trinajstić information content (AvgIpc) is 3.49. The maximum absolute atomic E-state index is 6.18. The smallest absolute Gasteiger partial charge is 0.164 e. The van der Waals surface area contributed by atoms with Crippen LogP contribution in [0.1, 0.15) is 23.8 Å². The van der Waals surface area contributed by atoms with E-state index in [-0.39, 0.29) is 18.4 Å². The second kappa shape index (κ2) is 7.70. The summed E-state index contributed by atoms with van der Waals surface area (Å²) in [6.07, 6.45) is 1.45. The molecule has 0 radical (unpaired) electrons. The van der Waals surface area contributed by atoms with Gasteiger partial charge < -0.3 is 14.2 Å². The molecule has 1 saturated heterocycles. The lowest BCUT2D eigenvalue weighted by Crippen LogP contribution is -2.35. The van der Waals surface area contributed by atoms with Crippen molar-refractivity contribution in [2.24, 2.45) is 0 Å². The van der Waals surface area contributed by atoms with Gasteiger partial charge in [-0.15, -0.1) is 5.10 Å². The highest BCUT2D eigenvalue weighted by Crippen LogP contribution is 2.41. The highest BCUT2D eigenvalue weighted by molar-refractivity contribution is 9.13. The van der Waals surface area contributed by atoms with Gasteiger partial charge in [-0.3, -0.25) is 4.57 Å². The van der Waals surface area contributed by atoms with Gasteiger partial charge in [0.05, 0.1) is 23.8 Å². The van der Waals surface area contributed by atoms with Crippen molar-refractivity contribution >= 4 is 42.9 Å². The van der Waals surface area contributed by atoms with Gasteiger partial charge in [0, 0.05) is 8.95 Å². The summed E-state index contributed by atoms with van der Waals surface area (Å²) in [5.74, 6) is 1.66. The van der Waals surface area contributed by atoms with Crippen LogP contribution >= 0.6 is 31.9 Å². The van der Waals surface area contributed by atoms with Gasteiger partial charge in [-0.05, 0) is 56.1 Å². The summed E-state index contributed by atoms with van der Waals surface area (Å²) in [6, 6.07) is 13.6. The molecule has 0 aliphatic carbocycles. The van der Waals surface area contributed by atoms with E-state index < -0.39 is 0 Å². The Morgan fingerprint density at radius 1 is 1.10 bits per heavy atom. The van der Waals surface area contributed by atoms with E-state index in [1.807, 2.05) is 47.3 Å². The lowest BCUT2D eigenvalue weighted by Gasteiger charge is -2.29. The van der Waals surface area contributed by atoms with Crippen molar-refractivity contribution in [2.75, 3.05) is 6.61 Å². The molecule has 0 spiro atoms. The van der Waals surface area contributed by atoms with Crippen molar-refractivity contribution in [2.45, 2.75) is 31.6 Å². The van der Waals surface area contributed by atoms with E-state index in [1.165, 1.54) is 0 Å². The van der Waals surface area contributed by atoms with E-state index in [1.54, 1.807) is 0 Å². The Labute approximate surface area is 194 Å². The Hall–Kier alpha value is -2.27. The third-order valence-electron chi connectivity index (χ3n) is 5.59. The summed E-state index contributed by atoms with van der Waals surface area (Å²) in [6.45, 7) is 1.25. The van der Waals surface area contributed by atoms with Crippen LogP contribution in [0.5, 0.6) is 5.75 Å². The zero-order chi connectivity index (χ0) is 20.9. The summed E-state index contributed by atoms with van der Waals surface area (Å²) < 4.78 is 24.0. The zero-order valence-electron chi connectivity index (χ0n) is 16.2. The predicted molar refractivity (Wildman–Crippen MR) is 119 cm³/mol. The molecule has 4 heterocycles. The molecule has 2 aliphatic heterocycles. The summed E-state index contributed by atoms with van der Waals surface area (Å²) in [5, 5.41) is 8.59. The number of imidazole rings is 1. The first kappa shape index (κ1) is 19.4. The van der Waals surface area contributed by atoms with Gasteiger partial charge in [-0.2, -0.15) is 0 Å². The second-order valence-electron chi connectivity index (χ2n) is 7.51. The fraction of sp³-hybridized carbons (Fsp3) is 0.286. The number of fused-ring (bicyclic) bond motifs is 5. The molecule has 0 bridgehead atoms.